The van der Waals surface area contributed by atoms with Gasteiger partial charge >= 0.3 is 0 Å². The Balaban J connectivity index is 2.27. The van der Waals surface area contributed by atoms with Gasteiger partial charge in [-0.2, -0.15) is 11.8 Å². The SMILES string of the molecule is CSCCCN1CCCNC(CC(C)C)C1. The van der Waals surface area contributed by atoms with Gasteiger partial charge in [-0.15, -0.1) is 0 Å². The zero-order valence-corrected chi connectivity index (χ0v) is 12.0. The normalized spacial score (nSPS) is 23.6. The number of nitrogens with zero attached hydrogens (tertiary/aromatic N) is 1. The second-order valence-electron chi connectivity index (χ2n) is 5.28. The quantitative estimate of drug-likeness (QED) is 0.723. The van der Waals surface area contributed by atoms with Crippen molar-refractivity contribution >= 4 is 11.8 Å². The van der Waals surface area contributed by atoms with Crippen LogP contribution >= 0.6 is 11.8 Å². The summed E-state index contributed by atoms with van der Waals surface area (Å²) in [5.41, 5.74) is 0. The fourth-order valence-corrected chi connectivity index (χ4v) is 2.86. The first-order valence-electron chi connectivity index (χ1n) is 6.67. The van der Waals surface area contributed by atoms with Gasteiger partial charge in [0.1, 0.15) is 0 Å². The predicted octanol–water partition coefficient (Wildman–Crippen LogP) is 2.45. The van der Waals surface area contributed by atoms with Gasteiger partial charge in [0, 0.05) is 12.6 Å². The Labute approximate surface area is 106 Å². The summed E-state index contributed by atoms with van der Waals surface area (Å²) in [5, 5.41) is 3.69. The Kier molecular flexibility index (Phi) is 7.50. The van der Waals surface area contributed by atoms with E-state index in [1.807, 2.05) is 11.8 Å². The minimum atomic E-state index is 0.719. The van der Waals surface area contributed by atoms with Gasteiger partial charge in [0.15, 0.2) is 0 Å². The Morgan fingerprint density at radius 3 is 2.94 bits per heavy atom. The Bertz CT molecular complexity index is 173. The van der Waals surface area contributed by atoms with Crippen LogP contribution in [0.5, 0.6) is 0 Å². The maximum atomic E-state index is 3.69. The molecule has 3 heteroatoms. The molecule has 0 aromatic heterocycles. The van der Waals surface area contributed by atoms with Crippen molar-refractivity contribution < 1.29 is 0 Å². The molecule has 1 N–H and O–H groups in total. The maximum Gasteiger partial charge on any atom is 0.0197 e. The molecule has 0 saturated carbocycles. The first-order valence-corrected chi connectivity index (χ1v) is 8.06. The molecule has 2 nitrogen and oxygen atoms in total. The highest BCUT2D eigenvalue weighted by Crippen LogP contribution is 2.10. The molecule has 1 heterocycles. The molecule has 0 aromatic rings. The van der Waals surface area contributed by atoms with Gasteiger partial charge in [-0.3, -0.25) is 0 Å². The Morgan fingerprint density at radius 2 is 2.25 bits per heavy atom. The zero-order valence-electron chi connectivity index (χ0n) is 11.2. The van der Waals surface area contributed by atoms with Gasteiger partial charge in [-0.05, 0) is 56.8 Å². The van der Waals surface area contributed by atoms with Crippen molar-refractivity contribution in [2.45, 2.75) is 39.2 Å². The van der Waals surface area contributed by atoms with E-state index in [1.165, 1.54) is 51.2 Å². The molecule has 0 radical (unpaired) electrons. The fraction of sp³-hybridized carbons (Fsp3) is 1.00. The number of hydrogen-bond donors (Lipinski definition) is 1. The number of rotatable bonds is 6. The second-order valence-corrected chi connectivity index (χ2v) is 6.27. The van der Waals surface area contributed by atoms with E-state index in [1.54, 1.807) is 0 Å². The first-order chi connectivity index (χ1) is 7.72. The van der Waals surface area contributed by atoms with Crippen LogP contribution in [0, 0.1) is 5.92 Å². The molecule has 1 unspecified atom stereocenters. The molecule has 1 aliphatic heterocycles. The minimum Gasteiger partial charge on any atom is -0.313 e. The van der Waals surface area contributed by atoms with E-state index in [9.17, 15) is 0 Å². The largest absolute Gasteiger partial charge is 0.313 e. The molecule has 0 amide bonds. The van der Waals surface area contributed by atoms with E-state index in [2.05, 4.69) is 30.3 Å². The summed E-state index contributed by atoms with van der Waals surface area (Å²) >= 11 is 1.96. The van der Waals surface area contributed by atoms with Crippen molar-refractivity contribution in [3.8, 4) is 0 Å². The van der Waals surface area contributed by atoms with Crippen LogP contribution in [0.2, 0.25) is 0 Å². The van der Waals surface area contributed by atoms with Crippen molar-refractivity contribution in [1.82, 2.24) is 10.2 Å². The molecule has 1 saturated heterocycles. The van der Waals surface area contributed by atoms with Gasteiger partial charge in [0.25, 0.3) is 0 Å². The summed E-state index contributed by atoms with van der Waals surface area (Å²) in [6.45, 7) is 9.69. The maximum absolute atomic E-state index is 3.69. The minimum absolute atomic E-state index is 0.719. The second kappa shape index (κ2) is 8.37. The molecule has 16 heavy (non-hydrogen) atoms. The van der Waals surface area contributed by atoms with Gasteiger partial charge in [0.05, 0.1) is 0 Å². The third-order valence-electron chi connectivity index (χ3n) is 3.14. The molecular formula is C13H28N2S. The van der Waals surface area contributed by atoms with Crippen LogP contribution in [0.4, 0.5) is 0 Å². The van der Waals surface area contributed by atoms with Crippen LogP contribution in [0.15, 0.2) is 0 Å². The summed E-state index contributed by atoms with van der Waals surface area (Å²) in [6.07, 6.45) is 6.17. The number of nitrogens with one attached hydrogen (secondary N) is 1. The highest BCUT2D eigenvalue weighted by molar-refractivity contribution is 7.98. The van der Waals surface area contributed by atoms with Crippen LogP contribution < -0.4 is 5.32 Å². The summed E-state index contributed by atoms with van der Waals surface area (Å²) < 4.78 is 0. The third kappa shape index (κ3) is 6.12. The highest BCUT2D eigenvalue weighted by atomic mass is 32.2. The fourth-order valence-electron chi connectivity index (χ4n) is 2.44. The molecule has 0 aromatic carbocycles. The van der Waals surface area contributed by atoms with Crippen LogP contribution in [-0.2, 0) is 0 Å². The lowest BCUT2D eigenvalue weighted by Crippen LogP contribution is -2.39. The molecule has 1 rings (SSSR count). The lowest BCUT2D eigenvalue weighted by atomic mass is 10.0. The van der Waals surface area contributed by atoms with Crippen LogP contribution in [0.3, 0.4) is 0 Å². The molecule has 1 fully saturated rings. The summed E-state index contributed by atoms with van der Waals surface area (Å²) in [5.74, 6) is 2.11. The zero-order chi connectivity index (χ0) is 11.8. The van der Waals surface area contributed by atoms with E-state index in [0.29, 0.717) is 0 Å². The van der Waals surface area contributed by atoms with Crippen molar-refractivity contribution in [1.29, 1.82) is 0 Å². The van der Waals surface area contributed by atoms with Gasteiger partial charge in [0.2, 0.25) is 0 Å². The highest BCUT2D eigenvalue weighted by Gasteiger charge is 2.17. The van der Waals surface area contributed by atoms with E-state index in [0.717, 1.165) is 12.0 Å². The van der Waals surface area contributed by atoms with Gasteiger partial charge in [-0.25, -0.2) is 0 Å². The van der Waals surface area contributed by atoms with E-state index in [-0.39, 0.29) is 0 Å². The molecule has 1 aliphatic rings. The number of thioether (sulfide) groups is 1. The summed E-state index contributed by atoms with van der Waals surface area (Å²) in [6, 6.07) is 0.719. The topological polar surface area (TPSA) is 15.3 Å². The van der Waals surface area contributed by atoms with E-state index in [4.69, 9.17) is 0 Å². The predicted molar refractivity (Wildman–Crippen MR) is 75.3 cm³/mol. The van der Waals surface area contributed by atoms with Crippen molar-refractivity contribution in [2.24, 2.45) is 5.92 Å². The smallest absolute Gasteiger partial charge is 0.0197 e. The van der Waals surface area contributed by atoms with Gasteiger partial charge in [-0.1, -0.05) is 13.8 Å². The molecule has 0 bridgehead atoms. The van der Waals surface area contributed by atoms with E-state index >= 15 is 0 Å². The lowest BCUT2D eigenvalue weighted by Gasteiger charge is -2.25. The lowest BCUT2D eigenvalue weighted by molar-refractivity contribution is 0.256. The van der Waals surface area contributed by atoms with Crippen LogP contribution in [0.25, 0.3) is 0 Å². The summed E-state index contributed by atoms with van der Waals surface area (Å²) in [4.78, 5) is 2.66. The van der Waals surface area contributed by atoms with Crippen molar-refractivity contribution in [3.05, 3.63) is 0 Å². The third-order valence-corrected chi connectivity index (χ3v) is 3.84. The average Bonchev–Trinajstić information content (AvgIpc) is 2.43. The Hall–Kier alpha value is 0.270. The van der Waals surface area contributed by atoms with Crippen LogP contribution in [-0.4, -0.2) is 49.1 Å². The standard InChI is InChI=1S/C13H28N2S/c1-12(2)10-13-11-15(7-4-6-14-13)8-5-9-16-3/h12-14H,4-11H2,1-3H3. The van der Waals surface area contributed by atoms with Gasteiger partial charge < -0.3 is 10.2 Å². The first kappa shape index (κ1) is 14.3. The Morgan fingerprint density at radius 1 is 1.44 bits per heavy atom. The van der Waals surface area contributed by atoms with Crippen molar-refractivity contribution in [2.75, 3.05) is 38.2 Å². The molecule has 1 atom stereocenters. The van der Waals surface area contributed by atoms with Crippen LogP contribution in [0.1, 0.15) is 33.1 Å². The molecule has 0 spiro atoms. The number of hydrogen-bond acceptors (Lipinski definition) is 3. The monoisotopic (exact) mass is 244 g/mol. The van der Waals surface area contributed by atoms with E-state index < -0.39 is 0 Å². The molecule has 0 aliphatic carbocycles. The van der Waals surface area contributed by atoms with Crippen molar-refractivity contribution in [3.63, 3.8) is 0 Å². The summed E-state index contributed by atoms with van der Waals surface area (Å²) in [7, 11) is 0. The molecule has 96 valence electrons. The average molecular weight is 244 g/mol. The molecular weight excluding hydrogens is 216 g/mol.